The Morgan fingerprint density at radius 2 is 0.909 bits per heavy atom. The summed E-state index contributed by atoms with van der Waals surface area (Å²) in [5, 5.41) is 60.1. The zero-order valence-corrected chi connectivity index (χ0v) is 39.6. The van der Waals surface area contributed by atoms with Crippen LogP contribution in [0.2, 0.25) is 0 Å². The molecule has 6 nitrogen and oxygen atoms in total. The molecule has 0 spiro atoms. The Labute approximate surface area is 382 Å². The molecule has 4 aliphatic carbocycles. The van der Waals surface area contributed by atoms with Gasteiger partial charge in [0.25, 0.3) is 5.60 Å². The molecule has 4 aliphatic rings. The number of aliphatic hydroxyl groups is 6. The zero-order chi connectivity index (χ0) is 51.0. The molecule has 4 fully saturated rings. The molecule has 0 aliphatic heterocycles. The van der Waals surface area contributed by atoms with Gasteiger partial charge in [-0.2, -0.15) is 52.7 Å². The average molecular weight is 975 g/mol. The van der Waals surface area contributed by atoms with Crippen LogP contribution in [0.25, 0.3) is 0 Å². The van der Waals surface area contributed by atoms with Crippen molar-refractivity contribution in [3.63, 3.8) is 0 Å². The van der Waals surface area contributed by atoms with E-state index in [1.165, 1.54) is 0 Å². The Kier molecular flexibility index (Phi) is 17.9. The first-order chi connectivity index (χ1) is 29.5. The van der Waals surface area contributed by atoms with Crippen molar-refractivity contribution in [1.29, 1.82) is 0 Å². The lowest BCUT2D eigenvalue weighted by Gasteiger charge is -2.50. The fraction of sp³-hybridized carbons (Fsp3) is 0.917. The predicted octanol–water partition coefficient (Wildman–Crippen LogP) is 12.1. The van der Waals surface area contributed by atoms with E-state index in [2.05, 4.69) is 19.8 Å². The molecular weight excluding hydrogens is 900 g/mol. The van der Waals surface area contributed by atoms with Gasteiger partial charge in [0, 0.05) is 6.42 Å². The monoisotopic (exact) mass is 975 g/mol. The van der Waals surface area contributed by atoms with Crippen LogP contribution in [0.4, 0.5) is 52.7 Å². The second-order valence-corrected chi connectivity index (χ2v) is 22.6. The first kappa shape index (κ1) is 58.5. The molecule has 10 atom stereocenters. The maximum absolute atomic E-state index is 13.1. The van der Waals surface area contributed by atoms with E-state index in [0.29, 0.717) is 57.8 Å². The molecule has 0 amide bonds. The molecule has 0 heterocycles. The van der Waals surface area contributed by atoms with Gasteiger partial charge in [0.1, 0.15) is 0 Å². The lowest BCUT2D eigenvalue weighted by atomic mass is 9.56. The zero-order valence-electron chi connectivity index (χ0n) is 39.6. The highest BCUT2D eigenvalue weighted by Gasteiger charge is 2.71. The topological polar surface area (TPSA) is 121 Å². The van der Waals surface area contributed by atoms with Crippen LogP contribution < -0.4 is 0 Å². The number of rotatable bonds is 14. The Balaban J connectivity index is 0.000000350. The standard InChI is InChI=1S/C24H38F6O3.C24H36F6O3/c2*1-19(2,32)11-6-12-20(3,13-7-15-22(33,23(25,26)27)24(28,29)30)18-10-9-16-17(31)8-5-14-21(16,18)4/h7,15-18,31-33H,5-6,8-14H2,1-4H3;16-18,31-33H,5-6,8-14H2,1-4H3/b15-7-;/t2*16?,17-,18+,20?,21-/m00/s1. The molecule has 4 rings (SSSR count). The summed E-state index contributed by atoms with van der Waals surface area (Å²) in [5.41, 5.74) is -13.8. The van der Waals surface area contributed by atoms with Gasteiger partial charge in [-0.25, -0.2) is 0 Å². The molecule has 0 aromatic carbocycles. The molecule has 0 radical (unpaired) electrons. The minimum Gasteiger partial charge on any atom is -0.393 e. The fourth-order valence-electron chi connectivity index (χ4n) is 12.8. The number of alkyl halides is 12. The van der Waals surface area contributed by atoms with Gasteiger partial charge in [-0.1, -0.05) is 65.4 Å². The summed E-state index contributed by atoms with van der Waals surface area (Å²) in [6.45, 7) is 14.4. The molecule has 0 aromatic rings. The molecule has 386 valence electrons. The fourth-order valence-corrected chi connectivity index (χ4v) is 12.8. The quantitative estimate of drug-likeness (QED) is 0.0586. The Bertz CT molecular complexity index is 1660. The summed E-state index contributed by atoms with van der Waals surface area (Å²) in [5.74, 6) is 3.18. The molecule has 18 heteroatoms. The molecule has 0 saturated heterocycles. The van der Waals surface area contributed by atoms with Crippen LogP contribution in [-0.4, -0.2) is 90.0 Å². The van der Waals surface area contributed by atoms with Gasteiger partial charge in [-0.3, -0.25) is 0 Å². The van der Waals surface area contributed by atoms with Crippen LogP contribution >= 0.6 is 0 Å². The van der Waals surface area contributed by atoms with Gasteiger partial charge in [0.15, 0.2) is 0 Å². The number of hydrogen-bond acceptors (Lipinski definition) is 6. The van der Waals surface area contributed by atoms with E-state index < -0.39 is 70.1 Å². The number of fused-ring (bicyclic) bond motifs is 2. The van der Waals surface area contributed by atoms with Gasteiger partial charge < -0.3 is 30.6 Å². The van der Waals surface area contributed by atoms with Gasteiger partial charge in [-0.15, -0.1) is 0 Å². The van der Waals surface area contributed by atoms with Crippen molar-refractivity contribution >= 4 is 0 Å². The summed E-state index contributed by atoms with van der Waals surface area (Å²) in [4.78, 5) is 0. The minimum atomic E-state index is -5.98. The van der Waals surface area contributed by atoms with E-state index >= 15 is 0 Å². The lowest BCUT2D eigenvalue weighted by molar-refractivity contribution is -0.347. The van der Waals surface area contributed by atoms with Crippen molar-refractivity contribution in [1.82, 2.24) is 0 Å². The van der Waals surface area contributed by atoms with Crippen LogP contribution in [0.5, 0.6) is 0 Å². The van der Waals surface area contributed by atoms with Crippen molar-refractivity contribution in [2.24, 2.45) is 45.3 Å². The van der Waals surface area contributed by atoms with Gasteiger partial charge in [-0.05, 0) is 168 Å². The smallest absolute Gasteiger partial charge is 0.393 e. The van der Waals surface area contributed by atoms with Gasteiger partial charge in [0.2, 0.25) is 0 Å². The van der Waals surface area contributed by atoms with E-state index in [0.717, 1.165) is 56.9 Å². The van der Waals surface area contributed by atoms with E-state index in [4.69, 9.17) is 0 Å². The minimum absolute atomic E-state index is 0.0127. The summed E-state index contributed by atoms with van der Waals surface area (Å²) < 4.78 is 157. The van der Waals surface area contributed by atoms with Crippen molar-refractivity contribution in [3.05, 3.63) is 12.2 Å². The summed E-state index contributed by atoms with van der Waals surface area (Å²) >= 11 is 0. The van der Waals surface area contributed by atoms with E-state index in [9.17, 15) is 83.3 Å². The number of aliphatic hydroxyl groups excluding tert-OH is 2. The predicted molar refractivity (Wildman–Crippen MR) is 225 cm³/mol. The number of allylic oxidation sites excluding steroid dienone is 1. The number of halogens is 12. The molecule has 4 unspecified atom stereocenters. The van der Waals surface area contributed by atoms with Crippen LogP contribution in [0.3, 0.4) is 0 Å². The Morgan fingerprint density at radius 3 is 1.27 bits per heavy atom. The summed E-state index contributed by atoms with van der Waals surface area (Å²) in [6.07, 6.45) is -13.8. The second-order valence-electron chi connectivity index (χ2n) is 22.6. The first-order valence-electron chi connectivity index (χ1n) is 23.2. The molecular formula is C48H74F12O6. The van der Waals surface area contributed by atoms with Gasteiger partial charge in [0.05, 0.1) is 23.4 Å². The SMILES string of the molecule is CC(C)(O)CCCC(C)(C/C=C\C(O)(C(F)(F)F)C(F)(F)F)[C@H]1CCC2[C@@H](O)CCC[C@@]21C.CC(C)(O)CCCC(C)(CC#CC(O)(C(F)(F)F)C(F)(F)F)[C@H]1CCC2[C@@H](O)CCC[C@@]21C. The normalized spacial score (nSPS) is 31.2. The van der Waals surface area contributed by atoms with Crippen molar-refractivity contribution in [3.8, 4) is 11.8 Å². The summed E-state index contributed by atoms with van der Waals surface area (Å²) in [7, 11) is 0. The van der Waals surface area contributed by atoms with Crippen molar-refractivity contribution < 1.29 is 83.3 Å². The van der Waals surface area contributed by atoms with Crippen LogP contribution in [0.1, 0.15) is 171 Å². The maximum Gasteiger partial charge on any atom is 0.438 e. The van der Waals surface area contributed by atoms with Crippen molar-refractivity contribution in [2.45, 2.75) is 230 Å². The largest absolute Gasteiger partial charge is 0.438 e. The highest BCUT2D eigenvalue weighted by molar-refractivity contribution is 5.22. The van der Waals surface area contributed by atoms with Gasteiger partial charge >= 0.3 is 30.3 Å². The van der Waals surface area contributed by atoms with E-state index in [1.807, 2.05) is 13.8 Å². The Morgan fingerprint density at radius 1 is 0.530 bits per heavy atom. The summed E-state index contributed by atoms with van der Waals surface area (Å²) in [6, 6.07) is 0. The second kappa shape index (κ2) is 20.1. The Hall–Kier alpha value is -1.78. The molecule has 4 saturated carbocycles. The van der Waals surface area contributed by atoms with Crippen LogP contribution in [-0.2, 0) is 0 Å². The van der Waals surface area contributed by atoms with Crippen LogP contribution in [0, 0.1) is 57.2 Å². The van der Waals surface area contributed by atoms with E-state index in [1.54, 1.807) is 27.7 Å². The molecule has 6 N–H and O–H groups in total. The number of hydrogen-bond donors (Lipinski definition) is 6. The molecule has 0 aromatic heterocycles. The maximum atomic E-state index is 13.1. The third-order valence-electron chi connectivity index (χ3n) is 16.3. The highest BCUT2D eigenvalue weighted by atomic mass is 19.4. The average Bonchev–Trinajstić information content (AvgIpc) is 3.68. The first-order valence-corrected chi connectivity index (χ1v) is 23.2. The highest BCUT2D eigenvalue weighted by Crippen LogP contribution is 2.64. The molecule has 66 heavy (non-hydrogen) atoms. The lowest BCUT2D eigenvalue weighted by Crippen LogP contribution is -2.55. The van der Waals surface area contributed by atoms with Crippen LogP contribution in [0.15, 0.2) is 12.2 Å². The van der Waals surface area contributed by atoms with E-state index in [-0.39, 0.29) is 53.4 Å². The molecule has 0 bridgehead atoms. The third-order valence-corrected chi connectivity index (χ3v) is 16.3. The third kappa shape index (κ3) is 12.9. The van der Waals surface area contributed by atoms with Crippen molar-refractivity contribution in [2.75, 3.05) is 0 Å².